The van der Waals surface area contributed by atoms with E-state index in [1.165, 1.54) is 24.3 Å². The molecule has 1 N–H and O–H groups in total. The minimum atomic E-state index is -0.730. The zero-order valence-corrected chi connectivity index (χ0v) is 21.3. The van der Waals surface area contributed by atoms with E-state index in [2.05, 4.69) is 21.2 Å². The molecule has 0 spiro atoms. The average molecular weight is 589 g/mol. The first-order chi connectivity index (χ1) is 16.2. The van der Waals surface area contributed by atoms with Crippen molar-refractivity contribution in [3.05, 3.63) is 57.5 Å². The zero-order valence-electron chi connectivity index (χ0n) is 17.5. The SMILES string of the molecule is O=C(COC(=O)c1ccc(N2C(=O)[C@@H]3C[C@@H](Cl)[C@@H](Cl)C[C@H]3C2=O)cc1)Nc1ccc(Br)cc1Cl. The number of carbonyl (C=O) groups excluding carboxylic acids is 4. The first-order valence-corrected chi connectivity index (χ1v) is 12.4. The summed E-state index contributed by atoms with van der Waals surface area (Å²) in [6, 6.07) is 10.8. The fourth-order valence-corrected chi connectivity index (χ4v) is 5.40. The van der Waals surface area contributed by atoms with E-state index in [1.807, 2.05) is 0 Å². The zero-order chi connectivity index (χ0) is 24.6. The largest absolute Gasteiger partial charge is 0.452 e. The quantitative estimate of drug-likeness (QED) is 0.301. The molecule has 1 heterocycles. The predicted molar refractivity (Wildman–Crippen MR) is 132 cm³/mol. The van der Waals surface area contributed by atoms with Gasteiger partial charge in [0, 0.05) is 4.47 Å². The third-order valence-corrected chi connectivity index (χ3v) is 7.71. The van der Waals surface area contributed by atoms with Crippen LogP contribution in [0.15, 0.2) is 46.9 Å². The molecule has 0 bridgehead atoms. The van der Waals surface area contributed by atoms with Gasteiger partial charge in [-0.2, -0.15) is 0 Å². The van der Waals surface area contributed by atoms with Gasteiger partial charge in [0.25, 0.3) is 5.91 Å². The van der Waals surface area contributed by atoms with Crippen LogP contribution in [0.5, 0.6) is 0 Å². The molecule has 1 saturated carbocycles. The minimum Gasteiger partial charge on any atom is -0.452 e. The molecule has 11 heteroatoms. The van der Waals surface area contributed by atoms with Crippen molar-refractivity contribution in [2.24, 2.45) is 11.8 Å². The van der Waals surface area contributed by atoms with Gasteiger partial charge in [-0.15, -0.1) is 23.2 Å². The lowest BCUT2D eigenvalue weighted by molar-refractivity contribution is -0.122. The number of fused-ring (bicyclic) bond motifs is 1. The van der Waals surface area contributed by atoms with Crippen LogP contribution in [0.2, 0.25) is 5.02 Å². The molecule has 0 unspecified atom stereocenters. The Balaban J connectivity index is 1.37. The number of hydrogen-bond acceptors (Lipinski definition) is 5. The number of alkyl halides is 2. The Hall–Kier alpha value is -2.13. The molecule has 4 atom stereocenters. The van der Waals surface area contributed by atoms with Crippen LogP contribution in [0.4, 0.5) is 11.4 Å². The number of imide groups is 1. The number of hydrogen-bond donors (Lipinski definition) is 1. The normalized spacial score (nSPS) is 24.1. The Morgan fingerprint density at radius 3 is 2.15 bits per heavy atom. The minimum absolute atomic E-state index is 0.163. The summed E-state index contributed by atoms with van der Waals surface area (Å²) in [5.41, 5.74) is 0.897. The Kier molecular flexibility index (Phi) is 7.52. The number of esters is 1. The summed E-state index contributed by atoms with van der Waals surface area (Å²) < 4.78 is 5.81. The third kappa shape index (κ3) is 5.10. The molecule has 34 heavy (non-hydrogen) atoms. The smallest absolute Gasteiger partial charge is 0.338 e. The Morgan fingerprint density at radius 2 is 1.59 bits per heavy atom. The lowest BCUT2D eigenvalue weighted by Gasteiger charge is -2.28. The summed E-state index contributed by atoms with van der Waals surface area (Å²) in [4.78, 5) is 51.3. The van der Waals surface area contributed by atoms with Gasteiger partial charge < -0.3 is 10.1 Å². The third-order valence-electron chi connectivity index (χ3n) is 5.81. The van der Waals surface area contributed by atoms with Crippen LogP contribution in [-0.2, 0) is 19.1 Å². The van der Waals surface area contributed by atoms with E-state index in [0.717, 1.165) is 9.37 Å². The molecule has 1 saturated heterocycles. The second-order valence-corrected chi connectivity index (χ2v) is 10.5. The van der Waals surface area contributed by atoms with Gasteiger partial charge in [-0.1, -0.05) is 27.5 Å². The van der Waals surface area contributed by atoms with Crippen LogP contribution < -0.4 is 10.2 Å². The molecular weight excluding hydrogens is 571 g/mol. The van der Waals surface area contributed by atoms with Gasteiger partial charge in [0.05, 0.1) is 44.6 Å². The highest BCUT2D eigenvalue weighted by Gasteiger charge is 2.52. The average Bonchev–Trinajstić information content (AvgIpc) is 3.04. The Labute approximate surface area is 218 Å². The summed E-state index contributed by atoms with van der Waals surface area (Å²) in [6.07, 6.45) is 0.693. The lowest BCUT2D eigenvalue weighted by atomic mass is 9.80. The molecular formula is C23H18BrCl3N2O5. The van der Waals surface area contributed by atoms with Crippen LogP contribution in [0.1, 0.15) is 23.2 Å². The molecule has 2 aromatic rings. The summed E-state index contributed by atoms with van der Waals surface area (Å²) in [7, 11) is 0. The van der Waals surface area contributed by atoms with Gasteiger partial charge in [0.1, 0.15) is 0 Å². The van der Waals surface area contributed by atoms with Crippen LogP contribution in [0.25, 0.3) is 0 Å². The highest BCUT2D eigenvalue weighted by molar-refractivity contribution is 9.10. The molecule has 3 amide bonds. The molecule has 2 aliphatic rings. The number of anilines is 2. The van der Waals surface area contributed by atoms with Crippen molar-refractivity contribution in [1.82, 2.24) is 0 Å². The van der Waals surface area contributed by atoms with E-state index >= 15 is 0 Å². The van der Waals surface area contributed by atoms with Crippen LogP contribution in [0, 0.1) is 11.8 Å². The summed E-state index contributed by atoms with van der Waals surface area (Å²) in [5, 5.41) is 2.16. The fourth-order valence-electron chi connectivity index (χ4n) is 4.09. The maximum absolute atomic E-state index is 12.8. The first kappa shape index (κ1) is 25.0. The van der Waals surface area contributed by atoms with Crippen molar-refractivity contribution in [3.63, 3.8) is 0 Å². The van der Waals surface area contributed by atoms with E-state index < -0.39 is 30.3 Å². The molecule has 1 aliphatic carbocycles. The maximum atomic E-state index is 12.8. The van der Waals surface area contributed by atoms with Gasteiger partial charge >= 0.3 is 5.97 Å². The van der Waals surface area contributed by atoms with Gasteiger partial charge in [-0.05, 0) is 55.3 Å². The summed E-state index contributed by atoms with van der Waals surface area (Å²) >= 11 is 21.7. The van der Waals surface area contributed by atoms with E-state index in [4.69, 9.17) is 39.5 Å². The van der Waals surface area contributed by atoms with E-state index in [1.54, 1.807) is 18.2 Å². The molecule has 0 radical (unpaired) electrons. The topological polar surface area (TPSA) is 92.8 Å². The molecule has 0 aromatic heterocycles. The van der Waals surface area contributed by atoms with E-state index in [-0.39, 0.29) is 28.1 Å². The highest BCUT2D eigenvalue weighted by Crippen LogP contribution is 2.43. The summed E-state index contributed by atoms with van der Waals surface area (Å²) in [6.45, 7) is -0.515. The Bertz CT molecular complexity index is 1130. The fraction of sp³-hybridized carbons (Fsp3) is 0.304. The highest BCUT2D eigenvalue weighted by atomic mass is 79.9. The van der Waals surface area contributed by atoms with Gasteiger partial charge in [-0.3, -0.25) is 19.3 Å². The summed E-state index contributed by atoms with van der Waals surface area (Å²) in [5.74, 6) is -2.91. The number of carbonyl (C=O) groups is 4. The second-order valence-electron chi connectivity index (χ2n) is 8.02. The molecule has 2 fully saturated rings. The van der Waals surface area contributed by atoms with Crippen molar-refractivity contribution < 1.29 is 23.9 Å². The lowest BCUT2D eigenvalue weighted by Crippen LogP contribution is -2.34. The molecule has 1 aliphatic heterocycles. The van der Waals surface area contributed by atoms with Crippen molar-refractivity contribution in [3.8, 4) is 0 Å². The van der Waals surface area contributed by atoms with E-state index in [9.17, 15) is 19.2 Å². The van der Waals surface area contributed by atoms with Crippen LogP contribution >= 0.6 is 50.7 Å². The number of amides is 3. The van der Waals surface area contributed by atoms with Crippen molar-refractivity contribution in [2.45, 2.75) is 23.6 Å². The van der Waals surface area contributed by atoms with Gasteiger partial charge in [-0.25, -0.2) is 4.79 Å². The van der Waals surface area contributed by atoms with Crippen LogP contribution in [0.3, 0.4) is 0 Å². The van der Waals surface area contributed by atoms with Crippen molar-refractivity contribution in [1.29, 1.82) is 0 Å². The number of halogens is 4. The molecule has 178 valence electrons. The number of ether oxygens (including phenoxy) is 1. The Morgan fingerprint density at radius 1 is 1.00 bits per heavy atom. The first-order valence-electron chi connectivity index (χ1n) is 10.3. The second kappa shape index (κ2) is 10.2. The number of nitrogens with one attached hydrogen (secondary N) is 1. The molecule has 4 rings (SSSR count). The monoisotopic (exact) mass is 586 g/mol. The van der Waals surface area contributed by atoms with Crippen molar-refractivity contribution >= 4 is 85.8 Å². The van der Waals surface area contributed by atoms with Crippen molar-refractivity contribution in [2.75, 3.05) is 16.8 Å². The predicted octanol–water partition coefficient (Wildman–Crippen LogP) is 5.01. The standard InChI is InChI=1S/C23H18BrCl3N2O5/c24-12-3-6-19(18(27)7-12)28-20(30)10-34-23(33)11-1-4-13(5-2-11)29-21(31)14-8-16(25)17(26)9-15(14)22(29)32/h1-7,14-17H,8-10H2,(H,28,30)/t14-,15-,16-,17+/m1/s1. The number of nitrogens with zero attached hydrogens (tertiary/aromatic N) is 1. The van der Waals surface area contributed by atoms with Gasteiger partial charge in [0.15, 0.2) is 6.61 Å². The number of benzene rings is 2. The van der Waals surface area contributed by atoms with E-state index in [0.29, 0.717) is 29.2 Å². The van der Waals surface area contributed by atoms with Gasteiger partial charge in [0.2, 0.25) is 11.8 Å². The molecule has 2 aromatic carbocycles. The molecule has 7 nitrogen and oxygen atoms in total. The van der Waals surface area contributed by atoms with Crippen LogP contribution in [-0.4, -0.2) is 41.1 Å². The number of rotatable bonds is 5. The maximum Gasteiger partial charge on any atom is 0.338 e.